The molecule has 0 bridgehead atoms. The van der Waals surface area contributed by atoms with Crippen molar-refractivity contribution in [3.63, 3.8) is 0 Å². The lowest BCUT2D eigenvalue weighted by Crippen LogP contribution is -2.23. The number of fused-ring (bicyclic) bond motifs is 1. The molecule has 0 saturated carbocycles. The van der Waals surface area contributed by atoms with Gasteiger partial charge in [-0.05, 0) is 36.2 Å². The van der Waals surface area contributed by atoms with Crippen molar-refractivity contribution in [3.05, 3.63) is 70.8 Å². The molecule has 8 heteroatoms. The summed E-state index contributed by atoms with van der Waals surface area (Å²) >= 11 is 1.29. The second-order valence-corrected chi connectivity index (χ2v) is 7.57. The van der Waals surface area contributed by atoms with Crippen LogP contribution in [0.5, 0.6) is 5.75 Å². The Kier molecular flexibility index (Phi) is 5.12. The van der Waals surface area contributed by atoms with Crippen LogP contribution in [-0.2, 0) is 17.8 Å². The summed E-state index contributed by atoms with van der Waals surface area (Å²) in [5, 5.41) is 0.672. The number of nitrogens with zero attached hydrogens (tertiary/aromatic N) is 3. The number of ether oxygens (including phenoxy) is 1. The topological polar surface area (TPSA) is 99.6 Å². The van der Waals surface area contributed by atoms with E-state index in [4.69, 9.17) is 10.5 Å². The van der Waals surface area contributed by atoms with Crippen LogP contribution < -0.4 is 16.0 Å². The van der Waals surface area contributed by atoms with Gasteiger partial charge in [-0.15, -0.1) is 0 Å². The molecule has 0 saturated heterocycles. The highest BCUT2D eigenvalue weighted by molar-refractivity contribution is 8.15. The van der Waals surface area contributed by atoms with E-state index >= 15 is 0 Å². The largest absolute Gasteiger partial charge is 0.492 e. The molecule has 1 amide bonds. The smallest absolute Gasteiger partial charge is 0.261 e. The normalized spacial score (nSPS) is 16.4. The highest BCUT2D eigenvalue weighted by Gasteiger charge is 2.26. The van der Waals surface area contributed by atoms with Crippen molar-refractivity contribution in [2.75, 3.05) is 6.61 Å². The van der Waals surface area contributed by atoms with Gasteiger partial charge in [-0.25, -0.2) is 4.98 Å². The van der Waals surface area contributed by atoms with Crippen molar-refractivity contribution < 1.29 is 9.53 Å². The third kappa shape index (κ3) is 3.91. The molecule has 0 radical (unpaired) electrons. The Bertz CT molecular complexity index is 1110. The maximum atomic E-state index is 12.4. The molecule has 142 valence electrons. The molecule has 1 aliphatic rings. The molecule has 0 fully saturated rings. The molecule has 2 N–H and O–H groups in total. The van der Waals surface area contributed by atoms with E-state index < -0.39 is 0 Å². The minimum Gasteiger partial charge on any atom is -0.492 e. The average molecular weight is 394 g/mol. The van der Waals surface area contributed by atoms with Gasteiger partial charge in [0.1, 0.15) is 12.4 Å². The Hall–Kier alpha value is -3.13. The Morgan fingerprint density at radius 3 is 2.64 bits per heavy atom. The molecule has 1 atom stereocenters. The molecule has 2 heterocycles. The zero-order chi connectivity index (χ0) is 19.5. The monoisotopic (exact) mass is 394 g/mol. The first kappa shape index (κ1) is 18.2. The van der Waals surface area contributed by atoms with E-state index in [9.17, 15) is 9.59 Å². The fourth-order valence-electron chi connectivity index (χ4n) is 3.00. The van der Waals surface area contributed by atoms with Gasteiger partial charge in [0.25, 0.3) is 11.5 Å². The first-order valence-electron chi connectivity index (χ1n) is 8.81. The summed E-state index contributed by atoms with van der Waals surface area (Å²) in [5.41, 5.74) is 7.20. The van der Waals surface area contributed by atoms with Gasteiger partial charge in [0.15, 0.2) is 5.17 Å². The van der Waals surface area contributed by atoms with Crippen LogP contribution in [0.25, 0.3) is 10.9 Å². The van der Waals surface area contributed by atoms with E-state index in [0.717, 1.165) is 5.56 Å². The van der Waals surface area contributed by atoms with Crippen molar-refractivity contribution in [1.29, 1.82) is 0 Å². The number of carbonyl (C=O) groups excluding carboxylic acids is 1. The third-order valence-corrected chi connectivity index (χ3v) is 5.42. The fraction of sp³-hybridized carbons (Fsp3) is 0.200. The molecule has 1 aliphatic heterocycles. The maximum absolute atomic E-state index is 12.4. The standard InChI is InChI=1S/C20H18N4O3S/c21-20-23-18(25)17(28-20)11-13-5-7-14(8-6-13)27-10-9-24-12-22-16-4-2-1-3-15(16)19(24)26/h1-8,12,17H,9-11H2,(H2,21,23,25). The Labute approximate surface area is 165 Å². The Balaban J connectivity index is 1.34. The zero-order valence-electron chi connectivity index (χ0n) is 14.9. The van der Waals surface area contributed by atoms with Crippen LogP contribution in [-0.4, -0.2) is 32.5 Å². The number of nitrogens with two attached hydrogens (primary N) is 1. The van der Waals surface area contributed by atoms with E-state index in [-0.39, 0.29) is 16.7 Å². The maximum Gasteiger partial charge on any atom is 0.261 e. The first-order valence-corrected chi connectivity index (χ1v) is 9.69. The van der Waals surface area contributed by atoms with Crippen LogP contribution in [0, 0.1) is 0 Å². The zero-order valence-corrected chi connectivity index (χ0v) is 15.8. The van der Waals surface area contributed by atoms with Crippen molar-refractivity contribution in [1.82, 2.24) is 9.55 Å². The minimum atomic E-state index is -0.251. The van der Waals surface area contributed by atoms with Crippen LogP contribution >= 0.6 is 11.8 Å². The first-order chi connectivity index (χ1) is 13.6. The number of benzene rings is 2. The summed E-state index contributed by atoms with van der Waals surface area (Å²) in [7, 11) is 0. The van der Waals surface area contributed by atoms with E-state index in [0.29, 0.717) is 41.4 Å². The minimum absolute atomic E-state index is 0.0789. The number of amides is 1. The molecule has 1 unspecified atom stereocenters. The van der Waals surface area contributed by atoms with Gasteiger partial charge >= 0.3 is 0 Å². The molecule has 7 nitrogen and oxygen atoms in total. The van der Waals surface area contributed by atoms with Gasteiger partial charge in [-0.3, -0.25) is 14.2 Å². The Morgan fingerprint density at radius 2 is 1.89 bits per heavy atom. The van der Waals surface area contributed by atoms with E-state index in [1.165, 1.54) is 11.8 Å². The van der Waals surface area contributed by atoms with Crippen LogP contribution in [0.3, 0.4) is 0 Å². The number of rotatable bonds is 6. The van der Waals surface area contributed by atoms with E-state index in [2.05, 4.69) is 9.98 Å². The van der Waals surface area contributed by atoms with E-state index in [1.54, 1.807) is 17.0 Å². The van der Waals surface area contributed by atoms with Gasteiger partial charge in [-0.1, -0.05) is 36.0 Å². The molecule has 1 aromatic heterocycles. The van der Waals surface area contributed by atoms with Crippen molar-refractivity contribution >= 4 is 33.7 Å². The van der Waals surface area contributed by atoms with E-state index in [1.807, 2.05) is 42.5 Å². The van der Waals surface area contributed by atoms with Crippen LogP contribution in [0.15, 0.2) is 64.6 Å². The quantitative estimate of drug-likeness (QED) is 0.686. The third-order valence-electron chi connectivity index (χ3n) is 4.44. The summed E-state index contributed by atoms with van der Waals surface area (Å²) in [5.74, 6) is 0.518. The average Bonchev–Trinajstić information content (AvgIpc) is 3.02. The predicted molar refractivity (Wildman–Crippen MR) is 110 cm³/mol. The molecular weight excluding hydrogens is 376 g/mol. The van der Waals surface area contributed by atoms with Crippen molar-refractivity contribution in [2.24, 2.45) is 10.7 Å². The lowest BCUT2D eigenvalue weighted by Gasteiger charge is -2.10. The number of amidine groups is 1. The molecule has 0 spiro atoms. The Morgan fingerprint density at radius 1 is 1.11 bits per heavy atom. The summed E-state index contributed by atoms with van der Waals surface area (Å²) in [6, 6.07) is 14.8. The number of para-hydroxylation sites is 1. The number of thioether (sulfide) groups is 1. The summed E-state index contributed by atoms with van der Waals surface area (Å²) in [6.45, 7) is 0.753. The second-order valence-electron chi connectivity index (χ2n) is 6.35. The number of aliphatic imine (C=N–C) groups is 1. The molecule has 4 rings (SSSR count). The van der Waals surface area contributed by atoms with Gasteiger partial charge in [0.05, 0.1) is 29.0 Å². The van der Waals surface area contributed by atoms with Gasteiger partial charge < -0.3 is 10.5 Å². The highest BCUT2D eigenvalue weighted by Crippen LogP contribution is 2.24. The van der Waals surface area contributed by atoms with Crippen molar-refractivity contribution in [3.8, 4) is 5.75 Å². The van der Waals surface area contributed by atoms with Crippen LogP contribution in [0.4, 0.5) is 0 Å². The lowest BCUT2D eigenvalue weighted by molar-refractivity contribution is -0.117. The number of carbonyl (C=O) groups is 1. The molecule has 0 aliphatic carbocycles. The van der Waals surface area contributed by atoms with Gasteiger partial charge in [0, 0.05) is 0 Å². The number of hydrogen-bond acceptors (Lipinski definition) is 6. The van der Waals surface area contributed by atoms with Gasteiger partial charge in [0.2, 0.25) is 0 Å². The van der Waals surface area contributed by atoms with Gasteiger partial charge in [-0.2, -0.15) is 4.99 Å². The number of hydrogen-bond donors (Lipinski definition) is 1. The van der Waals surface area contributed by atoms with Crippen LogP contribution in [0.1, 0.15) is 5.56 Å². The predicted octanol–water partition coefficient (Wildman–Crippen LogP) is 1.97. The number of aromatic nitrogens is 2. The summed E-state index contributed by atoms with van der Waals surface area (Å²) in [4.78, 5) is 32.2. The highest BCUT2D eigenvalue weighted by atomic mass is 32.2. The summed E-state index contributed by atoms with van der Waals surface area (Å²) in [6.07, 6.45) is 2.12. The molecular formula is C20H18N4O3S. The SMILES string of the molecule is NC1=NC(=O)C(Cc2ccc(OCCn3cnc4ccccc4c3=O)cc2)S1. The second kappa shape index (κ2) is 7.85. The summed E-state index contributed by atoms with van der Waals surface area (Å²) < 4.78 is 7.28. The molecule has 3 aromatic rings. The lowest BCUT2D eigenvalue weighted by atomic mass is 10.1. The molecule has 28 heavy (non-hydrogen) atoms. The van der Waals surface area contributed by atoms with Crippen LogP contribution in [0.2, 0.25) is 0 Å². The molecule has 2 aromatic carbocycles. The van der Waals surface area contributed by atoms with Crippen molar-refractivity contribution in [2.45, 2.75) is 18.2 Å². The fourth-order valence-corrected chi connectivity index (χ4v) is 3.86.